The third kappa shape index (κ3) is 8.37. The van der Waals surface area contributed by atoms with Crippen LogP contribution >= 0.6 is 0 Å². The van der Waals surface area contributed by atoms with Crippen LogP contribution in [0.25, 0.3) is 0 Å². The Bertz CT molecular complexity index is 1290. The number of nitrogens with one attached hydrogen (secondary N) is 2. The number of ether oxygens (including phenoxy) is 2. The van der Waals surface area contributed by atoms with Crippen molar-refractivity contribution in [2.75, 3.05) is 26.7 Å². The molecule has 0 radical (unpaired) electrons. The molecule has 3 N–H and O–H groups in total. The van der Waals surface area contributed by atoms with E-state index in [1.54, 1.807) is 25.1 Å². The molecule has 1 aliphatic rings. The summed E-state index contributed by atoms with van der Waals surface area (Å²) in [6, 6.07) is 19.4. The van der Waals surface area contributed by atoms with Gasteiger partial charge in [0.15, 0.2) is 17.1 Å². The number of phenolic OH excluding ortho intramolecular Hbond substituents is 1. The number of carbonyl (C=O) groups is 1. The lowest BCUT2D eigenvalue weighted by Gasteiger charge is -2.31. The molecule has 2 unspecified atom stereocenters. The molecular weight excluding hydrogens is 535 g/mol. The maximum atomic E-state index is 13.6. The minimum Gasteiger partial charge on any atom is -0.504 e. The fraction of sp³-hybridized carbons (Fsp3) is 0.387. The smallest absolute Gasteiger partial charge is 0.416 e. The SMILES string of the molecule is COc1cc(CNCCC(C)(Oc2ccc(C(F)(F)F)cc2)C(=O)NC2CCN(Cc3ccccc3)C2)ccc1O. The summed E-state index contributed by atoms with van der Waals surface area (Å²) in [7, 11) is 1.47. The second-order valence-electron chi connectivity index (χ2n) is 10.5. The van der Waals surface area contributed by atoms with Gasteiger partial charge in [0, 0.05) is 38.6 Å². The van der Waals surface area contributed by atoms with Crippen molar-refractivity contribution in [2.45, 2.75) is 50.7 Å². The van der Waals surface area contributed by atoms with E-state index in [2.05, 4.69) is 27.7 Å². The molecule has 1 amide bonds. The number of aromatic hydroxyl groups is 1. The Morgan fingerprint density at radius 1 is 1.05 bits per heavy atom. The van der Waals surface area contributed by atoms with E-state index in [4.69, 9.17) is 9.47 Å². The first-order valence-corrected chi connectivity index (χ1v) is 13.6. The average Bonchev–Trinajstić information content (AvgIpc) is 3.38. The summed E-state index contributed by atoms with van der Waals surface area (Å²) < 4.78 is 50.4. The Balaban J connectivity index is 1.40. The minimum absolute atomic E-state index is 0.0414. The Morgan fingerprint density at radius 3 is 2.46 bits per heavy atom. The second-order valence-corrected chi connectivity index (χ2v) is 10.5. The lowest BCUT2D eigenvalue weighted by atomic mass is 9.99. The summed E-state index contributed by atoms with van der Waals surface area (Å²) in [5, 5.41) is 16.2. The number of benzene rings is 3. The van der Waals surface area contributed by atoms with Crippen LogP contribution in [-0.4, -0.2) is 54.3 Å². The van der Waals surface area contributed by atoms with E-state index in [9.17, 15) is 23.1 Å². The monoisotopic (exact) mass is 571 g/mol. The number of phenols is 1. The van der Waals surface area contributed by atoms with Crippen molar-refractivity contribution in [2.24, 2.45) is 0 Å². The number of rotatable bonds is 12. The molecule has 0 aromatic heterocycles. The Labute approximate surface area is 238 Å². The van der Waals surface area contributed by atoms with E-state index in [0.29, 0.717) is 25.4 Å². The van der Waals surface area contributed by atoms with Gasteiger partial charge in [-0.25, -0.2) is 0 Å². The molecule has 220 valence electrons. The van der Waals surface area contributed by atoms with Crippen LogP contribution in [0.15, 0.2) is 72.8 Å². The van der Waals surface area contributed by atoms with Crippen LogP contribution in [0.2, 0.25) is 0 Å². The third-order valence-electron chi connectivity index (χ3n) is 7.21. The molecule has 1 fully saturated rings. The van der Waals surface area contributed by atoms with Gasteiger partial charge in [-0.15, -0.1) is 0 Å². The van der Waals surface area contributed by atoms with Gasteiger partial charge in [-0.3, -0.25) is 9.69 Å². The van der Waals surface area contributed by atoms with Gasteiger partial charge in [0.1, 0.15) is 5.75 Å². The topological polar surface area (TPSA) is 83.1 Å². The van der Waals surface area contributed by atoms with Crippen molar-refractivity contribution in [1.29, 1.82) is 0 Å². The van der Waals surface area contributed by atoms with E-state index in [1.165, 1.54) is 24.8 Å². The van der Waals surface area contributed by atoms with Crippen LogP contribution in [0.1, 0.15) is 36.5 Å². The van der Waals surface area contributed by atoms with Gasteiger partial charge in [0.25, 0.3) is 5.91 Å². The maximum absolute atomic E-state index is 13.6. The average molecular weight is 572 g/mol. The Kier molecular flexibility index (Phi) is 9.77. The fourth-order valence-corrected chi connectivity index (χ4v) is 4.85. The van der Waals surface area contributed by atoms with Crippen molar-refractivity contribution in [1.82, 2.24) is 15.5 Å². The second kappa shape index (κ2) is 13.3. The van der Waals surface area contributed by atoms with Gasteiger partial charge in [-0.2, -0.15) is 13.2 Å². The number of likely N-dealkylation sites (tertiary alicyclic amines) is 1. The summed E-state index contributed by atoms with van der Waals surface area (Å²) >= 11 is 0. The van der Waals surface area contributed by atoms with Gasteiger partial charge < -0.3 is 25.2 Å². The van der Waals surface area contributed by atoms with Gasteiger partial charge in [-0.05, 0) is 67.4 Å². The zero-order valence-corrected chi connectivity index (χ0v) is 23.2. The molecule has 1 heterocycles. The van der Waals surface area contributed by atoms with Crippen molar-refractivity contribution in [3.63, 3.8) is 0 Å². The van der Waals surface area contributed by atoms with Crippen LogP contribution in [0.4, 0.5) is 13.2 Å². The zero-order chi connectivity index (χ0) is 29.5. The molecule has 7 nitrogen and oxygen atoms in total. The summed E-state index contributed by atoms with van der Waals surface area (Å²) in [5.74, 6) is 0.254. The first kappa shape index (κ1) is 30.2. The first-order valence-electron chi connectivity index (χ1n) is 13.6. The molecule has 4 rings (SSSR count). The molecule has 3 aromatic carbocycles. The van der Waals surface area contributed by atoms with Crippen molar-refractivity contribution in [3.8, 4) is 17.2 Å². The zero-order valence-electron chi connectivity index (χ0n) is 23.2. The normalized spacial score (nSPS) is 17.1. The molecule has 1 saturated heterocycles. The quantitative estimate of drug-likeness (QED) is 0.262. The predicted molar refractivity (Wildman–Crippen MR) is 150 cm³/mol. The highest BCUT2D eigenvalue weighted by atomic mass is 19.4. The number of nitrogens with zero attached hydrogens (tertiary/aromatic N) is 1. The highest BCUT2D eigenvalue weighted by Crippen LogP contribution is 2.32. The molecule has 1 aliphatic heterocycles. The lowest BCUT2D eigenvalue weighted by Crippen LogP contribution is -2.53. The molecule has 41 heavy (non-hydrogen) atoms. The molecule has 10 heteroatoms. The van der Waals surface area contributed by atoms with Crippen molar-refractivity contribution < 1.29 is 32.5 Å². The summed E-state index contributed by atoms with van der Waals surface area (Å²) in [5.41, 5.74) is -0.0515. The highest BCUT2D eigenvalue weighted by Gasteiger charge is 2.38. The van der Waals surface area contributed by atoms with Crippen molar-refractivity contribution in [3.05, 3.63) is 89.5 Å². The molecule has 0 spiro atoms. The fourth-order valence-electron chi connectivity index (χ4n) is 4.85. The predicted octanol–water partition coefficient (Wildman–Crippen LogP) is 5.13. The largest absolute Gasteiger partial charge is 0.504 e. The number of halogens is 3. The van der Waals surface area contributed by atoms with E-state index < -0.39 is 17.3 Å². The van der Waals surface area contributed by atoms with E-state index in [-0.39, 0.29) is 29.9 Å². The lowest BCUT2D eigenvalue weighted by molar-refractivity contribution is -0.138. The summed E-state index contributed by atoms with van der Waals surface area (Å²) in [6.45, 7) is 4.82. The number of amides is 1. The summed E-state index contributed by atoms with van der Waals surface area (Å²) in [6.07, 6.45) is -3.42. The number of methoxy groups -OCH3 is 1. The molecule has 3 aromatic rings. The number of carbonyl (C=O) groups excluding carboxylic acids is 1. The van der Waals surface area contributed by atoms with E-state index >= 15 is 0 Å². The van der Waals surface area contributed by atoms with Gasteiger partial charge in [-0.1, -0.05) is 36.4 Å². The van der Waals surface area contributed by atoms with Gasteiger partial charge >= 0.3 is 6.18 Å². The molecule has 0 aliphatic carbocycles. The Hall–Kier alpha value is -3.76. The van der Waals surface area contributed by atoms with Gasteiger partial charge in [0.2, 0.25) is 0 Å². The van der Waals surface area contributed by atoms with Crippen LogP contribution in [0.5, 0.6) is 17.2 Å². The van der Waals surface area contributed by atoms with Gasteiger partial charge in [0.05, 0.1) is 12.7 Å². The van der Waals surface area contributed by atoms with E-state index in [1.807, 2.05) is 18.2 Å². The standard InChI is InChI=1S/C31H36F3N3O4/c1-30(41-26-11-9-24(10-12-26)31(32,33)34,15-16-35-19-23-8-13-27(38)28(18-23)40-2)29(39)36-25-14-17-37(21-25)20-22-6-4-3-5-7-22/h3-13,18,25,35,38H,14-17,19-21H2,1-2H3,(H,36,39). The minimum atomic E-state index is -4.46. The molecule has 0 saturated carbocycles. The third-order valence-corrected chi connectivity index (χ3v) is 7.21. The summed E-state index contributed by atoms with van der Waals surface area (Å²) in [4.78, 5) is 15.9. The van der Waals surface area contributed by atoms with Crippen molar-refractivity contribution >= 4 is 5.91 Å². The molecule has 2 atom stereocenters. The van der Waals surface area contributed by atoms with Crippen LogP contribution in [-0.2, 0) is 24.1 Å². The number of hydrogen-bond donors (Lipinski definition) is 3. The molecular formula is C31H36F3N3O4. The molecule has 0 bridgehead atoms. The maximum Gasteiger partial charge on any atom is 0.416 e. The Morgan fingerprint density at radius 2 is 1.78 bits per heavy atom. The van der Waals surface area contributed by atoms with Crippen LogP contribution in [0.3, 0.4) is 0 Å². The number of alkyl halides is 3. The van der Waals surface area contributed by atoms with E-state index in [0.717, 1.165) is 37.2 Å². The van der Waals surface area contributed by atoms with Crippen LogP contribution in [0, 0.1) is 0 Å². The first-order chi connectivity index (χ1) is 19.6. The highest BCUT2D eigenvalue weighted by molar-refractivity contribution is 5.85. The van der Waals surface area contributed by atoms with Crippen LogP contribution < -0.4 is 20.1 Å². The number of hydrogen-bond acceptors (Lipinski definition) is 6.